The van der Waals surface area contributed by atoms with Crippen LogP contribution in [0, 0.1) is 0 Å². The van der Waals surface area contributed by atoms with Crippen LogP contribution in [0.4, 0.5) is 299 Å². The summed E-state index contributed by atoms with van der Waals surface area (Å²) in [5, 5.41) is 0. The summed E-state index contributed by atoms with van der Waals surface area (Å²) in [6.45, 7) is -10.8. The van der Waals surface area contributed by atoms with Crippen molar-refractivity contribution in [3.05, 3.63) is 0 Å². The van der Waals surface area contributed by atoms with Crippen LogP contribution in [0.5, 0.6) is 0 Å². The van der Waals surface area contributed by atoms with Crippen LogP contribution in [0.1, 0.15) is 83.5 Å². The van der Waals surface area contributed by atoms with E-state index in [0.717, 1.165) is 0 Å². The maximum atomic E-state index is 15.5. The average Bonchev–Trinajstić information content (AvgIpc) is 0.708. The number of unbranched alkanes of at least 4 members (excludes halogenated alkanes) is 6. The second kappa shape index (κ2) is 32.7. The normalized spacial score (nSPS) is 16.7. The van der Waals surface area contributed by atoms with Crippen LogP contribution in [0.25, 0.3) is 0 Å². The molecule has 0 aliphatic carbocycles. The third-order valence-corrected chi connectivity index (χ3v) is 16.9. The Morgan fingerprint density at radius 2 is 0.218 bits per heavy atom. The van der Waals surface area contributed by atoms with Gasteiger partial charge in [-0.1, -0.05) is 0 Å². The number of quaternary nitrogens is 1. The molecule has 0 N–H and O–H groups in total. The smallest absolute Gasteiger partial charge is 0.460 e. The van der Waals surface area contributed by atoms with Crippen molar-refractivity contribution in [1.82, 2.24) is 0 Å². The number of alkyl halides is 68. The Balaban J connectivity index is 0. The van der Waals surface area contributed by atoms with E-state index < -0.39 is 305 Å². The van der Waals surface area contributed by atoms with Crippen molar-refractivity contribution >= 4 is 0 Å². The minimum atomic E-state index is -9.68. The van der Waals surface area contributed by atoms with E-state index in [1.807, 2.05) is 0 Å². The Bertz CT molecular complexity index is 3050. The first kappa shape index (κ1) is 117. The molecular weight excluding hydrogens is 2020 g/mol. The SMILES string of the molecule is FC(F)(F)C(F)(F)C(F)(F)C(F)(F)C(F)(F)C(F)(F)C(F)(F)C(F)(F)CCCCC[N+](CCCCCC(F)(F)C(F)(F)C(F)(F)C(F)(F)C(F)(F)C(F)(F)C(F)(F)C(F)(F)F)(CCCCCC(F)(F)C(F)(F)C(F)(F)C(F)(F)C(F)(F)C(F)(F)C(F)(F)C(F)(F)F)CCC(F)(F)C(F)(F)C(F)(F)C(F)(F)C(F)(F)C(F)(F)C(F)(F)C(F)(F)F.[I-]. The van der Waals surface area contributed by atoms with Gasteiger partial charge in [0.05, 0.1) is 32.6 Å². The van der Waals surface area contributed by atoms with E-state index in [9.17, 15) is 281 Å². The second-order valence-electron chi connectivity index (χ2n) is 25.0. The molecule has 119 heavy (non-hydrogen) atoms. The topological polar surface area (TPSA) is 0 Å². The summed E-state index contributed by atoms with van der Waals surface area (Å²) in [5.74, 6) is -252. The zero-order valence-electron chi connectivity index (χ0n) is 54.5. The van der Waals surface area contributed by atoms with Gasteiger partial charge in [-0.3, -0.25) is 0 Å². The monoisotopic (exact) mass is 2060 g/mol. The summed E-state index contributed by atoms with van der Waals surface area (Å²) < 4.78 is 945. The first-order valence-electron chi connectivity index (χ1n) is 29.0. The molecule has 0 radical (unpaired) electrons. The highest BCUT2D eigenvalue weighted by molar-refractivity contribution is 5.20. The molecule has 0 aliphatic rings. The van der Waals surface area contributed by atoms with Gasteiger partial charge in [0.1, 0.15) is 0 Å². The fourth-order valence-electron chi connectivity index (χ4n) is 9.37. The fraction of sp³-hybridized carbons (Fsp3) is 1.00. The number of rotatable bonds is 45. The van der Waals surface area contributed by atoms with Gasteiger partial charge in [0, 0.05) is 19.3 Å². The van der Waals surface area contributed by atoms with Gasteiger partial charge in [-0.15, -0.1) is 0 Å². The van der Waals surface area contributed by atoms with Crippen molar-refractivity contribution in [1.29, 1.82) is 0 Å². The summed E-state index contributed by atoms with van der Waals surface area (Å²) in [5.41, 5.74) is 0. The first-order chi connectivity index (χ1) is 50.3. The Morgan fingerprint density at radius 1 is 0.109 bits per heavy atom. The molecule has 70 heteroatoms. The van der Waals surface area contributed by atoms with Crippen LogP contribution < -0.4 is 24.0 Å². The van der Waals surface area contributed by atoms with Gasteiger partial charge in [0.2, 0.25) is 0 Å². The molecule has 0 unspecified atom stereocenters. The number of hydrogen-bond donors (Lipinski definition) is 0. The lowest BCUT2D eigenvalue weighted by molar-refractivity contribution is -0.930. The van der Waals surface area contributed by atoms with Crippen LogP contribution in [0.2, 0.25) is 0 Å². The van der Waals surface area contributed by atoms with E-state index in [-0.39, 0.29) is 24.0 Å². The molecule has 0 spiro atoms. The van der Waals surface area contributed by atoms with E-state index in [2.05, 4.69) is 0 Å². The van der Waals surface area contributed by atoms with Crippen molar-refractivity contribution in [2.24, 2.45) is 0 Å². The molecule has 0 saturated carbocycles. The highest BCUT2D eigenvalue weighted by atomic mass is 127. The lowest BCUT2D eigenvalue weighted by Gasteiger charge is -2.44. The predicted octanol–water partition coefficient (Wildman–Crippen LogP) is 23.9. The van der Waals surface area contributed by atoms with Gasteiger partial charge in [-0.05, 0) is 57.8 Å². The predicted molar refractivity (Wildman–Crippen MR) is 242 cm³/mol. The number of hydrogen-bond acceptors (Lipinski definition) is 0. The third kappa shape index (κ3) is 17.6. The summed E-state index contributed by atoms with van der Waals surface area (Å²) in [7, 11) is 0. The number of nitrogens with zero attached hydrogens (tertiary/aromatic N) is 1. The molecule has 1 nitrogen and oxygen atoms in total. The van der Waals surface area contributed by atoms with Gasteiger partial charge < -0.3 is 28.5 Å². The molecule has 0 aromatic rings. The molecule has 0 bridgehead atoms. The van der Waals surface area contributed by atoms with Crippen LogP contribution in [-0.4, -0.2) is 221 Å². The van der Waals surface area contributed by atoms with Crippen LogP contribution >= 0.6 is 0 Å². The molecule has 0 amide bonds. The lowest BCUT2D eigenvalue weighted by atomic mass is 9.87. The molecule has 718 valence electrons. The molecule has 0 aromatic heterocycles. The maximum absolute atomic E-state index is 15.5. The fourth-order valence-corrected chi connectivity index (χ4v) is 9.37. The van der Waals surface area contributed by atoms with Crippen LogP contribution in [-0.2, 0) is 0 Å². The van der Waals surface area contributed by atoms with Crippen molar-refractivity contribution in [2.45, 2.75) is 274 Å². The molecule has 0 aliphatic heterocycles. The minimum Gasteiger partial charge on any atom is -1.00 e. The molecule has 0 saturated heterocycles. The summed E-state index contributed by atoms with van der Waals surface area (Å²) in [4.78, 5) is 0. The maximum Gasteiger partial charge on any atom is 0.460 e. The van der Waals surface area contributed by atoms with Crippen molar-refractivity contribution in [3.8, 4) is 0 Å². The van der Waals surface area contributed by atoms with E-state index >= 15 is 17.6 Å². The minimum absolute atomic E-state index is 0. The van der Waals surface area contributed by atoms with Gasteiger partial charge in [0.25, 0.3) is 0 Å². The largest absolute Gasteiger partial charge is 1.00 e. The quantitative estimate of drug-likeness (QED) is 0.0247. The number of halogens is 69. The second-order valence-corrected chi connectivity index (χ2v) is 25.0. The summed E-state index contributed by atoms with van der Waals surface area (Å²) in [6, 6.07) is 0. The van der Waals surface area contributed by atoms with Crippen molar-refractivity contribution in [3.63, 3.8) is 0 Å². The van der Waals surface area contributed by atoms with E-state index in [1.54, 1.807) is 0 Å². The zero-order chi connectivity index (χ0) is 96.5. The Hall–Kier alpha value is -4.07. The van der Waals surface area contributed by atoms with E-state index in [0.29, 0.717) is 0 Å². The van der Waals surface area contributed by atoms with Gasteiger partial charge in [-0.25, -0.2) is 0 Å². The molecule has 0 heterocycles. The zero-order valence-corrected chi connectivity index (χ0v) is 56.7. The van der Waals surface area contributed by atoms with Crippen molar-refractivity contribution in [2.75, 3.05) is 26.2 Å². The standard InChI is InChI=1S/C49H34F68N.HI/c50-18(51,22(58,59)26(66,67)30(74,75)34(82,83)38(90,91)42(98,99)46(106,107)108)10-4-1-7-14-118(17-13-21(56,57)25(64,65)29(72,73)33(80,81)37(88,89)41(96,97)45(104,105)49(115,116)117,15-8-2-5-11-19(52,53)23(60,61)27(68,69)31(76,77)35(84,85)39(92,93)43(100,101)47(109,110)111)16-9-3-6-12-20(54,55)24(62,63)28(70,71)32(78,79)36(86,87)40(94,95)44(102,103)48(112,113)114;/h1-17H2;1H/q+1;/p-1. The Kier molecular flexibility index (Phi) is 32.1. The third-order valence-electron chi connectivity index (χ3n) is 16.9. The summed E-state index contributed by atoms with van der Waals surface area (Å²) in [6.07, 6.45) is -71.2. The molecule has 0 rings (SSSR count). The Morgan fingerprint density at radius 3 is 0.345 bits per heavy atom. The van der Waals surface area contributed by atoms with Crippen LogP contribution in [0.3, 0.4) is 0 Å². The van der Waals surface area contributed by atoms with E-state index in [4.69, 9.17) is 0 Å². The lowest BCUT2D eigenvalue weighted by Crippen LogP contribution is -3.00. The summed E-state index contributed by atoms with van der Waals surface area (Å²) >= 11 is 0. The van der Waals surface area contributed by atoms with Crippen molar-refractivity contribution < 1.29 is 327 Å². The Labute approximate surface area is 627 Å². The highest BCUT2D eigenvalue weighted by Gasteiger charge is 3.00. The molecule has 0 atom stereocenters. The van der Waals surface area contributed by atoms with Gasteiger partial charge in [-0.2, -0.15) is 299 Å². The average molecular weight is 2060 g/mol. The van der Waals surface area contributed by atoms with Gasteiger partial charge in [0.15, 0.2) is 0 Å². The first-order valence-corrected chi connectivity index (χ1v) is 29.0. The molecular formula is C49H34F68IN. The van der Waals surface area contributed by atoms with Crippen LogP contribution in [0.15, 0.2) is 0 Å². The molecule has 0 aromatic carbocycles. The van der Waals surface area contributed by atoms with Gasteiger partial charge >= 0.3 is 191 Å². The van der Waals surface area contributed by atoms with E-state index in [1.165, 1.54) is 0 Å². The highest BCUT2D eigenvalue weighted by Crippen LogP contribution is 2.71. The molecule has 0 fully saturated rings.